The van der Waals surface area contributed by atoms with Crippen LogP contribution in [0.3, 0.4) is 0 Å². The van der Waals surface area contributed by atoms with Crippen LogP contribution in [0.2, 0.25) is 0 Å². The van der Waals surface area contributed by atoms with Gasteiger partial charge in [-0.15, -0.1) is 5.10 Å². The van der Waals surface area contributed by atoms with Crippen LogP contribution < -0.4 is 17.0 Å². The molecule has 2 aromatic heterocycles. The molecule has 2 heterocycles. The first-order chi connectivity index (χ1) is 6.68. The molecule has 0 fully saturated rings. The lowest BCUT2D eigenvalue weighted by Crippen LogP contribution is -2.16. The number of nitrogen functional groups attached to an aromatic ring is 2. The summed E-state index contributed by atoms with van der Waals surface area (Å²) in [6.45, 7) is 0. The van der Waals surface area contributed by atoms with Gasteiger partial charge in [-0.1, -0.05) is 0 Å². The van der Waals surface area contributed by atoms with Gasteiger partial charge in [-0.05, 0) is 0 Å². The quantitative estimate of drug-likeness (QED) is 0.506. The molecular formula is C6H7N7O. The van der Waals surface area contributed by atoms with Crippen molar-refractivity contribution in [3.63, 3.8) is 0 Å². The van der Waals surface area contributed by atoms with Crippen molar-refractivity contribution in [2.75, 3.05) is 11.5 Å². The van der Waals surface area contributed by atoms with Gasteiger partial charge >= 0.3 is 0 Å². The molecule has 5 N–H and O–H groups in total. The van der Waals surface area contributed by atoms with E-state index < -0.39 is 5.56 Å². The number of H-pyrrole nitrogens is 1. The summed E-state index contributed by atoms with van der Waals surface area (Å²) in [5, 5.41) is 3.77. The Morgan fingerprint density at radius 3 is 2.79 bits per heavy atom. The van der Waals surface area contributed by atoms with Gasteiger partial charge in [0.2, 0.25) is 5.95 Å². The van der Waals surface area contributed by atoms with Crippen molar-refractivity contribution in [2.24, 2.45) is 0 Å². The number of rotatable bonds is 1. The predicted molar refractivity (Wildman–Crippen MR) is 48.6 cm³/mol. The highest BCUT2D eigenvalue weighted by molar-refractivity contribution is 5.49. The molecule has 0 amide bonds. The van der Waals surface area contributed by atoms with Crippen LogP contribution >= 0.6 is 0 Å². The van der Waals surface area contributed by atoms with E-state index >= 15 is 0 Å². The average molecular weight is 193 g/mol. The average Bonchev–Trinajstić information content (AvgIpc) is 2.57. The van der Waals surface area contributed by atoms with Crippen LogP contribution in [0.4, 0.5) is 11.6 Å². The lowest BCUT2D eigenvalue weighted by atomic mass is 10.5. The van der Waals surface area contributed by atoms with Crippen molar-refractivity contribution in [1.82, 2.24) is 24.7 Å². The molecule has 2 aromatic rings. The van der Waals surface area contributed by atoms with Crippen molar-refractivity contribution in [2.45, 2.75) is 0 Å². The molecule has 2 rings (SSSR count). The van der Waals surface area contributed by atoms with Gasteiger partial charge in [-0.2, -0.15) is 4.68 Å². The van der Waals surface area contributed by atoms with Gasteiger partial charge in [-0.3, -0.25) is 4.79 Å². The fourth-order valence-electron chi connectivity index (χ4n) is 0.961. The second-order valence-corrected chi connectivity index (χ2v) is 2.52. The Morgan fingerprint density at radius 1 is 1.36 bits per heavy atom. The lowest BCUT2D eigenvalue weighted by Gasteiger charge is -2.00. The van der Waals surface area contributed by atoms with Gasteiger partial charge in [-0.25, -0.2) is 9.97 Å². The molecule has 8 nitrogen and oxygen atoms in total. The highest BCUT2D eigenvalue weighted by atomic mass is 16.1. The molecule has 0 saturated heterocycles. The molecule has 72 valence electrons. The van der Waals surface area contributed by atoms with E-state index in [2.05, 4.69) is 20.1 Å². The van der Waals surface area contributed by atoms with E-state index in [0.717, 1.165) is 0 Å². The fraction of sp³-hybridized carbons (Fsp3) is 0. The van der Waals surface area contributed by atoms with E-state index in [9.17, 15) is 4.79 Å². The Bertz CT molecular complexity index is 513. The summed E-state index contributed by atoms with van der Waals surface area (Å²) in [5.74, 6) is 0.296. The summed E-state index contributed by atoms with van der Waals surface area (Å²) >= 11 is 0. The Balaban J connectivity index is 2.63. The van der Waals surface area contributed by atoms with Crippen molar-refractivity contribution in [1.29, 1.82) is 0 Å². The Hall–Kier alpha value is -2.38. The first-order valence-electron chi connectivity index (χ1n) is 3.69. The second-order valence-electron chi connectivity index (χ2n) is 2.52. The monoisotopic (exact) mass is 193 g/mol. The van der Waals surface area contributed by atoms with Crippen LogP contribution in [0.5, 0.6) is 0 Å². The summed E-state index contributed by atoms with van der Waals surface area (Å²) in [4.78, 5) is 21.0. The Kier molecular flexibility index (Phi) is 1.67. The third kappa shape index (κ3) is 1.18. The zero-order valence-corrected chi connectivity index (χ0v) is 7.01. The van der Waals surface area contributed by atoms with Gasteiger partial charge in [0.05, 0.1) is 6.33 Å². The summed E-state index contributed by atoms with van der Waals surface area (Å²) in [6, 6.07) is 0. The number of nitrogens with one attached hydrogen (secondary N) is 1. The molecule has 0 aromatic carbocycles. The third-order valence-electron chi connectivity index (χ3n) is 1.59. The number of nitrogens with zero attached hydrogens (tertiary/aromatic N) is 4. The second kappa shape index (κ2) is 2.83. The van der Waals surface area contributed by atoms with Crippen LogP contribution in [0.15, 0.2) is 17.4 Å². The molecule has 0 aliphatic heterocycles. The minimum atomic E-state index is -0.427. The van der Waals surface area contributed by atoms with E-state index in [1.807, 2.05) is 0 Å². The van der Waals surface area contributed by atoms with E-state index in [-0.39, 0.29) is 17.5 Å². The Morgan fingerprint density at radius 2 is 2.14 bits per heavy atom. The van der Waals surface area contributed by atoms with Crippen molar-refractivity contribution in [3.05, 3.63) is 23.0 Å². The topological polar surface area (TPSA) is 128 Å². The first kappa shape index (κ1) is 8.23. The molecule has 0 aliphatic rings. The molecule has 14 heavy (non-hydrogen) atoms. The largest absolute Gasteiger partial charge is 0.391 e. The minimum absolute atomic E-state index is 0.0302. The number of nitrogens with two attached hydrogens (primary N) is 2. The molecule has 0 unspecified atom stereocenters. The molecule has 0 radical (unpaired) electrons. The van der Waals surface area contributed by atoms with Crippen molar-refractivity contribution >= 4 is 11.6 Å². The van der Waals surface area contributed by atoms with Gasteiger partial charge in [0.25, 0.3) is 5.56 Å². The van der Waals surface area contributed by atoms with E-state index in [4.69, 9.17) is 11.5 Å². The smallest absolute Gasteiger partial charge is 0.276 e. The third-order valence-corrected chi connectivity index (χ3v) is 1.59. The number of hydrogen-bond acceptors (Lipinski definition) is 6. The van der Waals surface area contributed by atoms with Crippen molar-refractivity contribution < 1.29 is 0 Å². The van der Waals surface area contributed by atoms with Crippen LogP contribution in [-0.4, -0.2) is 24.7 Å². The molecular weight excluding hydrogens is 186 g/mol. The van der Waals surface area contributed by atoms with Gasteiger partial charge in [0, 0.05) is 0 Å². The first-order valence-corrected chi connectivity index (χ1v) is 3.69. The molecule has 0 spiro atoms. The van der Waals surface area contributed by atoms with Gasteiger partial charge in [0.1, 0.15) is 12.0 Å². The summed E-state index contributed by atoms with van der Waals surface area (Å²) in [6.07, 6.45) is 2.55. The summed E-state index contributed by atoms with van der Waals surface area (Å²) in [5.41, 5.74) is 10.3. The standard InChI is InChI=1S/C6H7N7O/c7-3-4(9-1-10-5(3)14)13-2-11-6(8)12-13/h1-2H,7H2,(H2,8,12)(H,9,10,14). The molecule has 0 saturated carbocycles. The maximum atomic E-state index is 11.1. The predicted octanol–water partition coefficient (Wildman–Crippen LogP) is -1.49. The van der Waals surface area contributed by atoms with Crippen LogP contribution in [0, 0.1) is 0 Å². The Labute approximate surface area is 77.6 Å². The molecule has 8 heteroatoms. The number of anilines is 2. The summed E-state index contributed by atoms with van der Waals surface area (Å²) < 4.78 is 1.24. The number of hydrogen-bond donors (Lipinski definition) is 3. The normalized spacial score (nSPS) is 10.3. The SMILES string of the molecule is Nc1ncn(-c2nc[nH]c(=O)c2N)n1. The molecule has 0 bridgehead atoms. The van der Waals surface area contributed by atoms with E-state index in [0.29, 0.717) is 0 Å². The molecule has 0 aliphatic carbocycles. The van der Waals surface area contributed by atoms with Gasteiger partial charge in [0.15, 0.2) is 5.82 Å². The lowest BCUT2D eigenvalue weighted by molar-refractivity contribution is 0.841. The van der Waals surface area contributed by atoms with Crippen LogP contribution in [0.25, 0.3) is 5.82 Å². The number of aromatic nitrogens is 5. The highest BCUT2D eigenvalue weighted by Crippen LogP contribution is 2.06. The van der Waals surface area contributed by atoms with E-state index in [1.165, 1.54) is 17.3 Å². The maximum Gasteiger partial charge on any atom is 0.276 e. The fourth-order valence-corrected chi connectivity index (χ4v) is 0.961. The van der Waals surface area contributed by atoms with Gasteiger partial charge < -0.3 is 16.5 Å². The van der Waals surface area contributed by atoms with E-state index in [1.54, 1.807) is 0 Å². The zero-order valence-electron chi connectivity index (χ0n) is 7.01. The maximum absolute atomic E-state index is 11.1. The number of aromatic amines is 1. The molecule has 0 atom stereocenters. The summed E-state index contributed by atoms with van der Waals surface area (Å²) in [7, 11) is 0. The minimum Gasteiger partial charge on any atom is -0.391 e. The highest BCUT2D eigenvalue weighted by Gasteiger charge is 2.07. The van der Waals surface area contributed by atoms with Crippen LogP contribution in [0.1, 0.15) is 0 Å². The van der Waals surface area contributed by atoms with Crippen LogP contribution in [-0.2, 0) is 0 Å². The van der Waals surface area contributed by atoms with Crippen molar-refractivity contribution in [3.8, 4) is 5.82 Å². The zero-order chi connectivity index (χ0) is 10.1.